The maximum atomic E-state index is 11.9. The zero-order chi connectivity index (χ0) is 18.9. The van der Waals surface area contributed by atoms with Crippen LogP contribution in [0.5, 0.6) is 5.75 Å². The van der Waals surface area contributed by atoms with Crippen molar-refractivity contribution >= 4 is 40.8 Å². The van der Waals surface area contributed by atoms with E-state index in [4.69, 9.17) is 27.9 Å². The van der Waals surface area contributed by atoms with Gasteiger partial charge in [-0.3, -0.25) is 9.59 Å². The Kier molecular flexibility index (Phi) is 7.44. The van der Waals surface area contributed by atoms with Crippen molar-refractivity contribution in [1.82, 2.24) is 10.3 Å². The second-order valence-corrected chi connectivity index (χ2v) is 6.05. The van der Waals surface area contributed by atoms with E-state index in [9.17, 15) is 9.59 Å². The summed E-state index contributed by atoms with van der Waals surface area (Å²) in [5.74, 6) is 0.213. The molecular formula is C18H17Cl2N3O3. The number of nitrogens with one attached hydrogen (secondary N) is 2. The third kappa shape index (κ3) is 6.38. The van der Waals surface area contributed by atoms with E-state index in [1.54, 1.807) is 36.5 Å². The van der Waals surface area contributed by atoms with E-state index in [-0.39, 0.29) is 25.0 Å². The van der Waals surface area contributed by atoms with Crippen LogP contribution in [0.25, 0.3) is 0 Å². The Morgan fingerprint density at radius 1 is 1.15 bits per heavy atom. The van der Waals surface area contributed by atoms with Crippen LogP contribution in [-0.4, -0.2) is 29.9 Å². The van der Waals surface area contributed by atoms with Crippen molar-refractivity contribution in [1.29, 1.82) is 0 Å². The number of rotatable bonds is 8. The van der Waals surface area contributed by atoms with Crippen LogP contribution in [0.1, 0.15) is 6.42 Å². The van der Waals surface area contributed by atoms with E-state index in [1.165, 1.54) is 6.07 Å². The molecular weight excluding hydrogens is 377 g/mol. The summed E-state index contributed by atoms with van der Waals surface area (Å²) in [5, 5.41) is 6.03. The molecule has 0 unspecified atom stereocenters. The van der Waals surface area contributed by atoms with Crippen molar-refractivity contribution in [2.45, 2.75) is 6.42 Å². The van der Waals surface area contributed by atoms with E-state index < -0.39 is 0 Å². The number of nitrogens with zero attached hydrogens (tertiary/aromatic N) is 1. The average molecular weight is 394 g/mol. The fourth-order valence-corrected chi connectivity index (χ4v) is 2.16. The smallest absolute Gasteiger partial charge is 0.257 e. The lowest BCUT2D eigenvalue weighted by Gasteiger charge is -2.09. The molecule has 0 spiro atoms. The molecule has 2 amide bonds. The Morgan fingerprint density at radius 3 is 2.65 bits per heavy atom. The molecule has 0 aliphatic carbocycles. The summed E-state index contributed by atoms with van der Waals surface area (Å²) in [4.78, 5) is 27.7. The first kappa shape index (κ1) is 19.8. The number of carbonyl (C=O) groups is 2. The van der Waals surface area contributed by atoms with E-state index >= 15 is 0 Å². The van der Waals surface area contributed by atoms with Gasteiger partial charge in [0.1, 0.15) is 11.6 Å². The number of aromatic nitrogens is 1. The molecule has 2 N–H and O–H groups in total. The Balaban J connectivity index is 1.68. The van der Waals surface area contributed by atoms with E-state index in [0.717, 1.165) is 0 Å². The number of hydrogen-bond acceptors (Lipinski definition) is 4. The first-order valence-electron chi connectivity index (χ1n) is 7.70. The maximum absolute atomic E-state index is 11.9. The first-order valence-corrected chi connectivity index (χ1v) is 8.46. The lowest BCUT2D eigenvalue weighted by atomic mass is 10.2. The predicted molar refractivity (Wildman–Crippen MR) is 102 cm³/mol. The van der Waals surface area contributed by atoms with Crippen molar-refractivity contribution < 1.29 is 14.3 Å². The van der Waals surface area contributed by atoms with Crippen LogP contribution in [0.2, 0.25) is 10.0 Å². The van der Waals surface area contributed by atoms with Crippen molar-refractivity contribution in [3.8, 4) is 5.75 Å². The molecule has 0 aliphatic rings. The van der Waals surface area contributed by atoms with Crippen LogP contribution < -0.4 is 15.4 Å². The lowest BCUT2D eigenvalue weighted by Crippen LogP contribution is -2.30. The highest BCUT2D eigenvalue weighted by molar-refractivity contribution is 6.42. The fourth-order valence-electron chi connectivity index (χ4n) is 1.87. The Labute approximate surface area is 161 Å². The molecule has 26 heavy (non-hydrogen) atoms. The summed E-state index contributed by atoms with van der Waals surface area (Å²) < 4.78 is 5.32. The molecule has 0 saturated carbocycles. The molecule has 2 rings (SSSR count). The highest BCUT2D eigenvalue weighted by atomic mass is 35.5. The zero-order valence-corrected chi connectivity index (χ0v) is 15.3. The van der Waals surface area contributed by atoms with Gasteiger partial charge in [0, 0.05) is 24.4 Å². The summed E-state index contributed by atoms with van der Waals surface area (Å²) >= 11 is 11.7. The van der Waals surface area contributed by atoms with Gasteiger partial charge in [0.15, 0.2) is 6.61 Å². The Morgan fingerprint density at radius 2 is 1.96 bits per heavy atom. The normalized spacial score (nSPS) is 10.1. The lowest BCUT2D eigenvalue weighted by molar-refractivity contribution is -0.123. The average Bonchev–Trinajstić information content (AvgIpc) is 2.63. The number of anilines is 1. The van der Waals surface area contributed by atoms with Gasteiger partial charge >= 0.3 is 0 Å². The largest absolute Gasteiger partial charge is 0.484 e. The van der Waals surface area contributed by atoms with Gasteiger partial charge in [0.2, 0.25) is 0 Å². The van der Waals surface area contributed by atoms with E-state index in [2.05, 4.69) is 22.2 Å². The molecule has 0 bridgehead atoms. The Bertz CT molecular complexity index is 798. The monoisotopic (exact) mass is 393 g/mol. The molecule has 1 aromatic heterocycles. The molecule has 0 radical (unpaired) electrons. The van der Waals surface area contributed by atoms with E-state index in [1.807, 2.05) is 0 Å². The van der Waals surface area contributed by atoms with Crippen molar-refractivity contribution in [2.75, 3.05) is 18.5 Å². The second-order valence-electron chi connectivity index (χ2n) is 5.24. The molecule has 0 fully saturated rings. The van der Waals surface area contributed by atoms with Crippen LogP contribution in [-0.2, 0) is 9.59 Å². The van der Waals surface area contributed by atoms with Crippen molar-refractivity contribution in [2.24, 2.45) is 0 Å². The van der Waals surface area contributed by atoms with Crippen LogP contribution in [0.15, 0.2) is 54.7 Å². The minimum Gasteiger partial charge on any atom is -0.484 e. The minimum absolute atomic E-state index is 0.176. The molecule has 2 aromatic rings. The van der Waals surface area contributed by atoms with Crippen LogP contribution in [0.3, 0.4) is 0 Å². The van der Waals surface area contributed by atoms with Crippen LogP contribution in [0, 0.1) is 0 Å². The number of ether oxygens (including phenoxy) is 1. The highest BCUT2D eigenvalue weighted by Crippen LogP contribution is 2.26. The first-order chi connectivity index (χ1) is 12.5. The quantitative estimate of drug-likeness (QED) is 0.672. The topological polar surface area (TPSA) is 80.3 Å². The minimum atomic E-state index is -0.343. The van der Waals surface area contributed by atoms with Gasteiger partial charge in [0.05, 0.1) is 10.0 Å². The number of benzene rings is 1. The summed E-state index contributed by atoms with van der Waals surface area (Å²) in [6, 6.07) is 9.92. The van der Waals surface area contributed by atoms with Crippen LogP contribution >= 0.6 is 23.2 Å². The summed E-state index contributed by atoms with van der Waals surface area (Å²) in [6.45, 7) is 3.80. The number of hydrogen-bond donors (Lipinski definition) is 2. The number of halogens is 2. The van der Waals surface area contributed by atoms with Gasteiger partial charge in [-0.15, -0.1) is 0 Å². The number of amides is 2. The zero-order valence-electron chi connectivity index (χ0n) is 13.8. The maximum Gasteiger partial charge on any atom is 0.257 e. The second kappa shape index (κ2) is 9.79. The molecule has 8 heteroatoms. The van der Waals surface area contributed by atoms with E-state index in [0.29, 0.717) is 33.6 Å². The van der Waals surface area contributed by atoms with Gasteiger partial charge in [-0.05, 0) is 30.7 Å². The van der Waals surface area contributed by atoms with Gasteiger partial charge < -0.3 is 15.4 Å². The predicted octanol–water partition coefficient (Wildman–Crippen LogP) is 3.47. The summed E-state index contributed by atoms with van der Waals surface area (Å²) in [5.41, 5.74) is 0.335. The van der Waals surface area contributed by atoms with Gasteiger partial charge in [-0.25, -0.2) is 4.98 Å². The van der Waals surface area contributed by atoms with Gasteiger partial charge in [-0.2, -0.15) is 0 Å². The molecule has 0 atom stereocenters. The standard InChI is InChI=1S/C18H17Cl2N3O3/c1-12(18(25)23-16-4-2-3-8-21-16)7-9-22-17(24)11-26-13-5-6-14(19)15(20)10-13/h2-6,8,10H,1,7,9,11H2,(H,22,24)(H,21,23,25). The van der Waals surface area contributed by atoms with Crippen molar-refractivity contribution in [3.05, 3.63) is 64.8 Å². The number of pyridine rings is 1. The molecule has 6 nitrogen and oxygen atoms in total. The Hall–Kier alpha value is -2.57. The molecule has 0 aliphatic heterocycles. The third-order valence-electron chi connectivity index (χ3n) is 3.24. The highest BCUT2D eigenvalue weighted by Gasteiger charge is 2.09. The SMILES string of the molecule is C=C(CCNC(=O)COc1ccc(Cl)c(Cl)c1)C(=O)Nc1ccccn1. The third-order valence-corrected chi connectivity index (χ3v) is 3.98. The van der Waals surface area contributed by atoms with Crippen molar-refractivity contribution in [3.63, 3.8) is 0 Å². The molecule has 0 saturated heterocycles. The molecule has 1 aromatic carbocycles. The van der Waals surface area contributed by atoms with Crippen LogP contribution in [0.4, 0.5) is 5.82 Å². The summed E-state index contributed by atoms with van der Waals surface area (Å²) in [7, 11) is 0. The molecule has 136 valence electrons. The fraction of sp³-hybridized carbons (Fsp3) is 0.167. The van der Waals surface area contributed by atoms with Gasteiger partial charge in [0.25, 0.3) is 11.8 Å². The molecule has 1 heterocycles. The summed E-state index contributed by atoms with van der Waals surface area (Å²) in [6.07, 6.45) is 1.88. The number of carbonyl (C=O) groups excluding carboxylic acids is 2. The van der Waals surface area contributed by atoms with Gasteiger partial charge in [-0.1, -0.05) is 35.8 Å².